The molecule has 0 fully saturated rings. The van der Waals surface area contributed by atoms with Crippen LogP contribution in [0.1, 0.15) is 22.8 Å². The number of hydrogen-bond donors (Lipinski definition) is 0. The van der Waals surface area contributed by atoms with E-state index in [0.29, 0.717) is 23.8 Å². The first-order chi connectivity index (χ1) is 9.19. The van der Waals surface area contributed by atoms with Gasteiger partial charge in [-0.25, -0.2) is 9.78 Å². The lowest BCUT2D eigenvalue weighted by molar-refractivity contribution is 0.0526. The van der Waals surface area contributed by atoms with E-state index in [1.54, 1.807) is 43.5 Å². The van der Waals surface area contributed by atoms with Crippen molar-refractivity contribution in [2.45, 2.75) is 13.8 Å². The van der Waals surface area contributed by atoms with Crippen LogP contribution in [-0.2, 0) is 4.74 Å². The molecule has 0 aliphatic heterocycles. The summed E-state index contributed by atoms with van der Waals surface area (Å²) in [6, 6.07) is 10.5. The Labute approximate surface area is 112 Å². The second-order valence-electron chi connectivity index (χ2n) is 4.02. The van der Waals surface area contributed by atoms with Gasteiger partial charge in [-0.1, -0.05) is 6.07 Å². The summed E-state index contributed by atoms with van der Waals surface area (Å²) in [5.41, 5.74) is 1.58. The highest BCUT2D eigenvalue weighted by molar-refractivity contribution is 5.89. The summed E-state index contributed by atoms with van der Waals surface area (Å²) in [7, 11) is 0. The summed E-state index contributed by atoms with van der Waals surface area (Å²) in [6.07, 6.45) is 1.74. The summed E-state index contributed by atoms with van der Waals surface area (Å²) < 4.78 is 10.5. The van der Waals surface area contributed by atoms with Crippen LogP contribution in [0.25, 0.3) is 0 Å². The molecule has 0 saturated heterocycles. The van der Waals surface area contributed by atoms with Crippen LogP contribution >= 0.6 is 0 Å². The number of rotatable bonds is 4. The number of ether oxygens (including phenoxy) is 2. The van der Waals surface area contributed by atoms with Crippen molar-refractivity contribution in [1.29, 1.82) is 0 Å². The number of aromatic nitrogens is 1. The second-order valence-corrected chi connectivity index (χ2v) is 4.02. The number of nitrogens with zero attached hydrogens (tertiary/aromatic N) is 1. The molecule has 2 rings (SSSR count). The van der Waals surface area contributed by atoms with Crippen LogP contribution < -0.4 is 4.74 Å². The minimum Gasteiger partial charge on any atom is -0.462 e. The molecule has 0 aliphatic carbocycles. The number of pyridine rings is 1. The lowest BCUT2D eigenvalue weighted by Crippen LogP contribution is -2.04. The van der Waals surface area contributed by atoms with E-state index in [0.717, 1.165) is 5.56 Å². The Hall–Kier alpha value is -2.36. The molecule has 1 aromatic carbocycles. The summed E-state index contributed by atoms with van der Waals surface area (Å²) in [5.74, 6) is 0.821. The van der Waals surface area contributed by atoms with Gasteiger partial charge in [-0.15, -0.1) is 0 Å². The van der Waals surface area contributed by atoms with E-state index >= 15 is 0 Å². The maximum absolute atomic E-state index is 11.5. The number of benzene rings is 1. The largest absolute Gasteiger partial charge is 0.462 e. The lowest BCUT2D eigenvalue weighted by Gasteiger charge is -2.06. The van der Waals surface area contributed by atoms with Crippen LogP contribution in [0.15, 0.2) is 42.6 Å². The van der Waals surface area contributed by atoms with Crippen LogP contribution in [0.2, 0.25) is 0 Å². The van der Waals surface area contributed by atoms with Gasteiger partial charge in [-0.2, -0.15) is 0 Å². The maximum atomic E-state index is 11.5. The quantitative estimate of drug-likeness (QED) is 0.788. The van der Waals surface area contributed by atoms with Gasteiger partial charge in [0.05, 0.1) is 12.2 Å². The predicted octanol–water partition coefficient (Wildman–Crippen LogP) is 3.36. The number of aryl methyl sites for hydroxylation is 1. The molecule has 98 valence electrons. The van der Waals surface area contributed by atoms with Crippen molar-refractivity contribution >= 4 is 5.97 Å². The normalized spacial score (nSPS) is 10.0. The van der Waals surface area contributed by atoms with E-state index in [9.17, 15) is 4.79 Å². The SMILES string of the molecule is CCOC(=O)c1ccc(Oc2ccc(C)cn2)cc1. The molecule has 0 saturated carbocycles. The van der Waals surface area contributed by atoms with Crippen LogP contribution in [0.4, 0.5) is 0 Å². The number of esters is 1. The first-order valence-electron chi connectivity index (χ1n) is 6.06. The monoisotopic (exact) mass is 257 g/mol. The molecule has 0 N–H and O–H groups in total. The summed E-state index contributed by atoms with van der Waals surface area (Å²) >= 11 is 0. The standard InChI is InChI=1S/C15H15NO3/c1-3-18-15(17)12-5-7-13(8-6-12)19-14-9-4-11(2)10-16-14/h4-10H,3H2,1-2H3. The van der Waals surface area contributed by atoms with Gasteiger partial charge in [-0.3, -0.25) is 0 Å². The average Bonchev–Trinajstić information content (AvgIpc) is 2.42. The highest BCUT2D eigenvalue weighted by Gasteiger charge is 2.06. The van der Waals surface area contributed by atoms with E-state index in [2.05, 4.69) is 4.98 Å². The molecule has 0 amide bonds. The Balaban J connectivity index is 2.06. The predicted molar refractivity (Wildman–Crippen MR) is 71.4 cm³/mol. The van der Waals surface area contributed by atoms with Crippen molar-refractivity contribution < 1.29 is 14.3 Å². The molecule has 4 heteroatoms. The van der Waals surface area contributed by atoms with Crippen molar-refractivity contribution in [3.63, 3.8) is 0 Å². The number of carbonyl (C=O) groups is 1. The number of hydrogen-bond acceptors (Lipinski definition) is 4. The molecule has 19 heavy (non-hydrogen) atoms. The fraction of sp³-hybridized carbons (Fsp3) is 0.200. The minimum atomic E-state index is -0.331. The van der Waals surface area contributed by atoms with E-state index in [1.165, 1.54) is 0 Å². The molecule has 1 heterocycles. The molecule has 0 radical (unpaired) electrons. The van der Waals surface area contributed by atoms with Crippen molar-refractivity contribution in [3.05, 3.63) is 53.7 Å². The van der Waals surface area contributed by atoms with Crippen molar-refractivity contribution in [3.8, 4) is 11.6 Å². The fourth-order valence-corrected chi connectivity index (χ4v) is 1.51. The van der Waals surface area contributed by atoms with Crippen molar-refractivity contribution in [2.75, 3.05) is 6.61 Å². The second kappa shape index (κ2) is 6.00. The maximum Gasteiger partial charge on any atom is 0.338 e. The van der Waals surface area contributed by atoms with Gasteiger partial charge in [-0.05, 0) is 43.7 Å². The Bertz CT molecular complexity index is 547. The fourth-order valence-electron chi connectivity index (χ4n) is 1.51. The lowest BCUT2D eigenvalue weighted by atomic mass is 10.2. The smallest absolute Gasteiger partial charge is 0.338 e. The van der Waals surface area contributed by atoms with Crippen molar-refractivity contribution in [2.24, 2.45) is 0 Å². The Kier molecular flexibility index (Phi) is 4.13. The van der Waals surface area contributed by atoms with Gasteiger partial charge in [0.1, 0.15) is 5.75 Å². The van der Waals surface area contributed by atoms with Gasteiger partial charge < -0.3 is 9.47 Å². The van der Waals surface area contributed by atoms with Gasteiger partial charge in [0.25, 0.3) is 0 Å². The summed E-state index contributed by atoms with van der Waals surface area (Å²) in [4.78, 5) is 15.6. The molecule has 0 atom stereocenters. The summed E-state index contributed by atoms with van der Waals surface area (Å²) in [5, 5.41) is 0. The molecule has 0 bridgehead atoms. The van der Waals surface area contributed by atoms with E-state index in [1.807, 2.05) is 13.0 Å². The molecule has 0 unspecified atom stereocenters. The minimum absolute atomic E-state index is 0.331. The third kappa shape index (κ3) is 3.55. The van der Waals surface area contributed by atoms with E-state index in [-0.39, 0.29) is 5.97 Å². The zero-order valence-corrected chi connectivity index (χ0v) is 10.9. The summed E-state index contributed by atoms with van der Waals surface area (Å²) in [6.45, 7) is 4.10. The van der Waals surface area contributed by atoms with Gasteiger partial charge >= 0.3 is 5.97 Å². The van der Waals surface area contributed by atoms with E-state index < -0.39 is 0 Å². The molecule has 2 aromatic rings. The Morgan fingerprint density at radius 3 is 2.47 bits per heavy atom. The Morgan fingerprint density at radius 2 is 1.89 bits per heavy atom. The zero-order valence-electron chi connectivity index (χ0n) is 10.9. The molecule has 4 nitrogen and oxygen atoms in total. The average molecular weight is 257 g/mol. The van der Waals surface area contributed by atoms with Gasteiger partial charge in [0, 0.05) is 12.3 Å². The molecule has 0 aliphatic rings. The Morgan fingerprint density at radius 1 is 1.16 bits per heavy atom. The zero-order chi connectivity index (χ0) is 13.7. The van der Waals surface area contributed by atoms with Crippen LogP contribution in [-0.4, -0.2) is 17.6 Å². The van der Waals surface area contributed by atoms with E-state index in [4.69, 9.17) is 9.47 Å². The topological polar surface area (TPSA) is 48.4 Å². The third-order valence-electron chi connectivity index (χ3n) is 2.47. The van der Waals surface area contributed by atoms with Crippen LogP contribution in [0.5, 0.6) is 11.6 Å². The molecule has 0 spiro atoms. The van der Waals surface area contributed by atoms with Crippen LogP contribution in [0.3, 0.4) is 0 Å². The van der Waals surface area contributed by atoms with Crippen LogP contribution in [0, 0.1) is 6.92 Å². The third-order valence-corrected chi connectivity index (χ3v) is 2.47. The molecule has 1 aromatic heterocycles. The molecular weight excluding hydrogens is 242 g/mol. The van der Waals surface area contributed by atoms with Gasteiger partial charge in [0.15, 0.2) is 0 Å². The molecular formula is C15H15NO3. The number of carbonyl (C=O) groups excluding carboxylic acids is 1. The highest BCUT2D eigenvalue weighted by atomic mass is 16.5. The first kappa shape index (κ1) is 13.1. The first-order valence-corrected chi connectivity index (χ1v) is 6.06. The highest BCUT2D eigenvalue weighted by Crippen LogP contribution is 2.20. The van der Waals surface area contributed by atoms with Gasteiger partial charge in [0.2, 0.25) is 5.88 Å². The van der Waals surface area contributed by atoms with Crippen molar-refractivity contribution in [1.82, 2.24) is 4.98 Å².